The molecule has 0 aliphatic carbocycles. The zero-order valence-electron chi connectivity index (χ0n) is 14.4. The van der Waals surface area contributed by atoms with E-state index in [4.69, 9.17) is 0 Å². The maximum absolute atomic E-state index is 12.9. The molecule has 0 unspecified atom stereocenters. The van der Waals surface area contributed by atoms with E-state index >= 15 is 0 Å². The molecule has 0 aliphatic rings. The lowest BCUT2D eigenvalue weighted by atomic mass is 10.2. The molecular weight excluding hydrogens is 406 g/mol. The summed E-state index contributed by atoms with van der Waals surface area (Å²) in [4.78, 5) is 6.41. The molecule has 23 heavy (non-hydrogen) atoms. The van der Waals surface area contributed by atoms with Gasteiger partial charge in [-0.05, 0) is 31.2 Å². The number of nitrogens with zero attached hydrogens (tertiary/aromatic N) is 2. The van der Waals surface area contributed by atoms with Crippen molar-refractivity contribution in [3.8, 4) is 0 Å². The summed E-state index contributed by atoms with van der Waals surface area (Å²) in [5.41, 5.74) is 1.12. The maximum Gasteiger partial charge on any atom is 0.191 e. The Kier molecular flexibility index (Phi) is 13.0. The number of guanidine groups is 1. The van der Waals surface area contributed by atoms with Crippen LogP contribution < -0.4 is 10.6 Å². The van der Waals surface area contributed by atoms with Crippen LogP contribution in [0.25, 0.3) is 0 Å². The normalized spacial score (nSPS) is 11.3. The van der Waals surface area contributed by atoms with Gasteiger partial charge in [0.25, 0.3) is 0 Å². The predicted octanol–water partition coefficient (Wildman–Crippen LogP) is 3.23. The van der Waals surface area contributed by atoms with Gasteiger partial charge < -0.3 is 15.5 Å². The summed E-state index contributed by atoms with van der Waals surface area (Å²) >= 11 is 0. The quantitative estimate of drug-likeness (QED) is 0.270. The van der Waals surface area contributed by atoms with Crippen molar-refractivity contribution in [3.05, 3.63) is 35.6 Å². The molecule has 0 saturated carbocycles. The van der Waals surface area contributed by atoms with E-state index in [-0.39, 0.29) is 29.8 Å². The first-order valence-corrected chi connectivity index (χ1v) is 8.03. The third-order valence-corrected chi connectivity index (χ3v) is 3.45. The minimum atomic E-state index is -0.189. The van der Waals surface area contributed by atoms with E-state index < -0.39 is 0 Å². The molecule has 1 aromatic carbocycles. The third-order valence-electron chi connectivity index (χ3n) is 3.45. The van der Waals surface area contributed by atoms with E-state index in [2.05, 4.69) is 34.5 Å². The lowest BCUT2D eigenvalue weighted by Gasteiger charge is -2.18. The minimum absolute atomic E-state index is 0. The molecule has 1 rings (SSSR count). The Hall–Kier alpha value is -0.890. The van der Waals surface area contributed by atoms with Crippen molar-refractivity contribution in [1.82, 2.24) is 15.5 Å². The molecule has 0 spiro atoms. The van der Waals surface area contributed by atoms with Crippen molar-refractivity contribution in [3.63, 3.8) is 0 Å². The number of likely N-dealkylation sites (N-methyl/N-ethyl adjacent to an activating group) is 1. The zero-order chi connectivity index (χ0) is 16.2. The summed E-state index contributed by atoms with van der Waals surface area (Å²) in [5, 5.41) is 6.62. The monoisotopic (exact) mass is 436 g/mol. The third kappa shape index (κ3) is 10.5. The van der Waals surface area contributed by atoms with Gasteiger partial charge in [-0.1, -0.05) is 31.9 Å². The summed E-state index contributed by atoms with van der Waals surface area (Å²) in [7, 11) is 3.85. The number of hydrogen-bond donors (Lipinski definition) is 2. The van der Waals surface area contributed by atoms with Crippen molar-refractivity contribution in [2.24, 2.45) is 4.99 Å². The van der Waals surface area contributed by atoms with Crippen LogP contribution in [0.15, 0.2) is 29.3 Å². The first-order chi connectivity index (χ1) is 10.7. The molecule has 0 radical (unpaired) electrons. The van der Waals surface area contributed by atoms with Gasteiger partial charge in [0.05, 0.1) is 0 Å². The summed E-state index contributed by atoms with van der Waals surface area (Å²) in [6.45, 7) is 5.69. The topological polar surface area (TPSA) is 39.7 Å². The summed E-state index contributed by atoms with van der Waals surface area (Å²) < 4.78 is 12.9. The van der Waals surface area contributed by atoms with Crippen molar-refractivity contribution >= 4 is 29.9 Å². The van der Waals surface area contributed by atoms with Gasteiger partial charge in [0.15, 0.2) is 5.96 Å². The standard InChI is InChI=1S/C17H29FN4.HI/c1-4-5-6-11-20-17(19-2)21-12-13-22(3)14-15-7-9-16(18)10-8-15;/h7-10H,4-6,11-14H2,1-3H3,(H2,19,20,21);1H. The molecular formula is C17H30FIN4. The Balaban J connectivity index is 0.00000484. The maximum atomic E-state index is 12.9. The summed E-state index contributed by atoms with van der Waals surface area (Å²) in [6.07, 6.45) is 3.63. The second kappa shape index (κ2) is 13.5. The second-order valence-corrected chi connectivity index (χ2v) is 5.50. The zero-order valence-corrected chi connectivity index (χ0v) is 16.8. The average molecular weight is 436 g/mol. The van der Waals surface area contributed by atoms with Crippen LogP contribution in [0.4, 0.5) is 4.39 Å². The van der Waals surface area contributed by atoms with Crippen LogP contribution in [0.2, 0.25) is 0 Å². The van der Waals surface area contributed by atoms with Gasteiger partial charge in [0, 0.05) is 33.2 Å². The van der Waals surface area contributed by atoms with Gasteiger partial charge in [0.1, 0.15) is 5.82 Å². The van der Waals surface area contributed by atoms with Crippen LogP contribution in [-0.4, -0.2) is 44.6 Å². The predicted molar refractivity (Wildman–Crippen MR) is 107 cm³/mol. The van der Waals surface area contributed by atoms with Gasteiger partial charge in [0.2, 0.25) is 0 Å². The number of nitrogens with one attached hydrogen (secondary N) is 2. The van der Waals surface area contributed by atoms with Gasteiger partial charge in [-0.25, -0.2) is 4.39 Å². The summed E-state index contributed by atoms with van der Waals surface area (Å²) in [5.74, 6) is 0.664. The van der Waals surface area contributed by atoms with E-state index in [0.29, 0.717) is 0 Å². The number of unbranched alkanes of at least 4 members (excludes halogenated alkanes) is 2. The Bertz CT molecular complexity index is 437. The number of aliphatic imine (C=N–C) groups is 1. The van der Waals surface area contributed by atoms with Gasteiger partial charge >= 0.3 is 0 Å². The minimum Gasteiger partial charge on any atom is -0.356 e. The molecule has 0 aliphatic heterocycles. The fourth-order valence-corrected chi connectivity index (χ4v) is 2.15. The largest absolute Gasteiger partial charge is 0.356 e. The SMILES string of the molecule is CCCCCNC(=NC)NCCN(C)Cc1ccc(F)cc1.I. The van der Waals surface area contributed by atoms with Crippen LogP contribution >= 0.6 is 24.0 Å². The van der Waals surface area contributed by atoms with Crippen LogP contribution in [0.1, 0.15) is 31.7 Å². The molecule has 6 heteroatoms. The Morgan fingerprint density at radius 1 is 1.13 bits per heavy atom. The van der Waals surface area contributed by atoms with Crippen molar-refractivity contribution < 1.29 is 4.39 Å². The van der Waals surface area contributed by atoms with E-state index in [1.54, 1.807) is 7.05 Å². The highest BCUT2D eigenvalue weighted by atomic mass is 127. The van der Waals surface area contributed by atoms with Crippen LogP contribution in [0, 0.1) is 5.82 Å². The van der Waals surface area contributed by atoms with E-state index in [9.17, 15) is 4.39 Å². The second-order valence-electron chi connectivity index (χ2n) is 5.50. The number of benzene rings is 1. The van der Waals surface area contributed by atoms with E-state index in [1.165, 1.54) is 31.4 Å². The van der Waals surface area contributed by atoms with Gasteiger partial charge in [-0.3, -0.25) is 4.99 Å². The molecule has 0 aromatic heterocycles. The smallest absolute Gasteiger partial charge is 0.191 e. The van der Waals surface area contributed by atoms with Crippen LogP contribution in [-0.2, 0) is 6.54 Å². The Morgan fingerprint density at radius 2 is 1.78 bits per heavy atom. The number of hydrogen-bond acceptors (Lipinski definition) is 2. The average Bonchev–Trinajstić information content (AvgIpc) is 2.52. The van der Waals surface area contributed by atoms with Gasteiger partial charge in [-0.2, -0.15) is 0 Å². The highest BCUT2D eigenvalue weighted by Crippen LogP contribution is 2.04. The molecule has 0 heterocycles. The Morgan fingerprint density at radius 3 is 2.39 bits per heavy atom. The first-order valence-electron chi connectivity index (χ1n) is 8.03. The highest BCUT2D eigenvalue weighted by Gasteiger charge is 2.02. The van der Waals surface area contributed by atoms with Gasteiger partial charge in [-0.15, -0.1) is 24.0 Å². The molecule has 0 amide bonds. The number of rotatable bonds is 9. The van der Waals surface area contributed by atoms with Crippen molar-refractivity contribution in [2.45, 2.75) is 32.7 Å². The van der Waals surface area contributed by atoms with E-state index in [1.807, 2.05) is 12.1 Å². The van der Waals surface area contributed by atoms with E-state index in [0.717, 1.165) is 37.7 Å². The number of halogens is 2. The fourth-order valence-electron chi connectivity index (χ4n) is 2.15. The molecule has 132 valence electrons. The molecule has 4 nitrogen and oxygen atoms in total. The lowest BCUT2D eigenvalue weighted by Crippen LogP contribution is -2.41. The Labute approximate surface area is 157 Å². The molecule has 0 bridgehead atoms. The van der Waals surface area contributed by atoms with Crippen LogP contribution in [0.3, 0.4) is 0 Å². The molecule has 0 atom stereocenters. The lowest BCUT2D eigenvalue weighted by molar-refractivity contribution is 0.331. The highest BCUT2D eigenvalue weighted by molar-refractivity contribution is 14.0. The van der Waals surface area contributed by atoms with Crippen LogP contribution in [0.5, 0.6) is 0 Å². The molecule has 0 saturated heterocycles. The molecule has 1 aromatic rings. The first kappa shape index (κ1) is 22.1. The molecule has 2 N–H and O–H groups in total. The fraction of sp³-hybridized carbons (Fsp3) is 0.588. The van der Waals surface area contributed by atoms with Crippen molar-refractivity contribution in [2.75, 3.05) is 33.7 Å². The molecule has 0 fully saturated rings. The van der Waals surface area contributed by atoms with Crippen molar-refractivity contribution in [1.29, 1.82) is 0 Å². The summed E-state index contributed by atoms with van der Waals surface area (Å²) in [6, 6.07) is 6.66.